The summed E-state index contributed by atoms with van der Waals surface area (Å²) in [5.41, 5.74) is -1.09. The van der Waals surface area contributed by atoms with Crippen LogP contribution in [0.25, 0.3) is 0 Å². The molecule has 1 heterocycles. The molecule has 1 aromatic heterocycles. The Morgan fingerprint density at radius 1 is 1.43 bits per heavy atom. The van der Waals surface area contributed by atoms with Crippen LogP contribution in [0.4, 0.5) is 10.1 Å². The maximum absolute atomic E-state index is 13.4. The fourth-order valence-electron chi connectivity index (χ4n) is 1.57. The van der Waals surface area contributed by atoms with Crippen molar-refractivity contribution in [2.75, 3.05) is 6.54 Å². The Morgan fingerprint density at radius 3 is 2.81 bits per heavy atom. The van der Waals surface area contributed by atoms with Crippen LogP contribution < -0.4 is 4.72 Å². The molecule has 0 spiro atoms. The molecule has 9 nitrogen and oxygen atoms in total. The molecule has 0 bridgehead atoms. The maximum Gasteiger partial charge on any atom is 0.324 e. The quantitative estimate of drug-likeness (QED) is 0.611. The standard InChI is InChI=1S/C10H9FN4O5S/c11-7-2-1-3-8(10(7)15(16)17)21(18,19)14-5-4-9-12-6-13-20-9/h1-3,6,14H,4-5H2. The van der Waals surface area contributed by atoms with Crippen LogP contribution in [-0.2, 0) is 16.4 Å². The zero-order chi connectivity index (χ0) is 15.5. The van der Waals surface area contributed by atoms with E-state index in [1.165, 1.54) is 0 Å². The van der Waals surface area contributed by atoms with E-state index in [2.05, 4.69) is 19.4 Å². The van der Waals surface area contributed by atoms with Gasteiger partial charge in [0.15, 0.2) is 11.2 Å². The van der Waals surface area contributed by atoms with Gasteiger partial charge in [0.1, 0.15) is 0 Å². The fourth-order valence-corrected chi connectivity index (χ4v) is 2.78. The van der Waals surface area contributed by atoms with E-state index < -0.39 is 31.3 Å². The van der Waals surface area contributed by atoms with Crippen molar-refractivity contribution < 1.29 is 22.3 Å². The number of halogens is 1. The van der Waals surface area contributed by atoms with Gasteiger partial charge in [-0.05, 0) is 12.1 Å². The summed E-state index contributed by atoms with van der Waals surface area (Å²) in [6.07, 6.45) is 1.25. The van der Waals surface area contributed by atoms with Crippen LogP contribution >= 0.6 is 0 Å². The van der Waals surface area contributed by atoms with E-state index in [-0.39, 0.29) is 18.9 Å². The van der Waals surface area contributed by atoms with E-state index in [1.54, 1.807) is 0 Å². The highest BCUT2D eigenvalue weighted by atomic mass is 32.2. The molecular formula is C10H9FN4O5S. The van der Waals surface area contributed by atoms with Crippen molar-refractivity contribution in [2.24, 2.45) is 0 Å². The second-order valence-corrected chi connectivity index (χ2v) is 5.56. The number of nitrogens with zero attached hydrogens (tertiary/aromatic N) is 3. The maximum atomic E-state index is 13.4. The Labute approximate surface area is 118 Å². The number of rotatable bonds is 6. The number of nitro groups is 1. The van der Waals surface area contributed by atoms with Gasteiger partial charge in [0, 0.05) is 13.0 Å². The van der Waals surface area contributed by atoms with Gasteiger partial charge in [0.2, 0.25) is 21.7 Å². The van der Waals surface area contributed by atoms with Gasteiger partial charge in [0.05, 0.1) is 4.92 Å². The summed E-state index contributed by atoms with van der Waals surface area (Å²) in [7, 11) is -4.23. The lowest BCUT2D eigenvalue weighted by molar-refractivity contribution is -0.390. The molecule has 1 aromatic carbocycles. The lowest BCUT2D eigenvalue weighted by Crippen LogP contribution is -2.27. The van der Waals surface area contributed by atoms with Crippen LogP contribution in [0.3, 0.4) is 0 Å². The highest BCUT2D eigenvalue weighted by molar-refractivity contribution is 7.89. The van der Waals surface area contributed by atoms with E-state index in [9.17, 15) is 22.9 Å². The number of benzene rings is 1. The SMILES string of the molecule is O=[N+]([O-])c1c(F)cccc1S(=O)(=O)NCCc1ncno1. The molecule has 1 N–H and O–H groups in total. The molecule has 0 aliphatic rings. The Hall–Kier alpha value is -2.40. The molecule has 112 valence electrons. The van der Waals surface area contributed by atoms with Gasteiger partial charge >= 0.3 is 5.69 Å². The van der Waals surface area contributed by atoms with E-state index >= 15 is 0 Å². The van der Waals surface area contributed by atoms with Crippen LogP contribution in [0.2, 0.25) is 0 Å². The smallest absolute Gasteiger partial charge is 0.324 e. The second-order valence-electron chi connectivity index (χ2n) is 3.83. The zero-order valence-corrected chi connectivity index (χ0v) is 11.2. The highest BCUT2D eigenvalue weighted by Gasteiger charge is 2.29. The van der Waals surface area contributed by atoms with Crippen molar-refractivity contribution in [1.29, 1.82) is 0 Å². The van der Waals surface area contributed by atoms with Crippen LogP contribution in [-0.4, -0.2) is 30.0 Å². The molecule has 2 rings (SSSR count). The summed E-state index contributed by atoms with van der Waals surface area (Å²) >= 11 is 0. The van der Waals surface area contributed by atoms with E-state index in [4.69, 9.17) is 0 Å². The van der Waals surface area contributed by atoms with Crippen molar-refractivity contribution in [1.82, 2.24) is 14.9 Å². The molecular weight excluding hydrogens is 307 g/mol. The molecule has 0 unspecified atom stereocenters. The van der Waals surface area contributed by atoms with Gasteiger partial charge in [0.25, 0.3) is 0 Å². The molecule has 0 aliphatic carbocycles. The number of hydrogen-bond acceptors (Lipinski definition) is 7. The first-order chi connectivity index (χ1) is 9.92. The first kappa shape index (κ1) is 15.0. The summed E-state index contributed by atoms with van der Waals surface area (Å²) < 4.78 is 44.2. The summed E-state index contributed by atoms with van der Waals surface area (Å²) in [6, 6.07) is 2.85. The van der Waals surface area contributed by atoms with Gasteiger partial charge in [-0.1, -0.05) is 11.2 Å². The number of para-hydroxylation sites is 1. The molecule has 21 heavy (non-hydrogen) atoms. The van der Waals surface area contributed by atoms with E-state index in [0.29, 0.717) is 0 Å². The largest absolute Gasteiger partial charge is 0.340 e. The first-order valence-corrected chi connectivity index (χ1v) is 7.08. The average Bonchev–Trinajstić information content (AvgIpc) is 2.91. The summed E-state index contributed by atoms with van der Waals surface area (Å²) in [4.78, 5) is 12.7. The number of nitrogens with one attached hydrogen (secondary N) is 1. The van der Waals surface area contributed by atoms with Crippen molar-refractivity contribution in [3.05, 3.63) is 46.3 Å². The molecule has 0 fully saturated rings. The van der Waals surface area contributed by atoms with Crippen molar-refractivity contribution in [3.63, 3.8) is 0 Å². The molecule has 11 heteroatoms. The number of hydrogen-bond donors (Lipinski definition) is 1. The van der Waals surface area contributed by atoms with Crippen LogP contribution in [0.5, 0.6) is 0 Å². The van der Waals surface area contributed by atoms with E-state index in [0.717, 1.165) is 24.5 Å². The normalized spacial score (nSPS) is 11.5. The van der Waals surface area contributed by atoms with Crippen LogP contribution in [0, 0.1) is 15.9 Å². The lowest BCUT2D eigenvalue weighted by Gasteiger charge is -2.06. The van der Waals surface area contributed by atoms with Crippen LogP contribution in [0.15, 0.2) is 33.9 Å². The molecule has 0 saturated carbocycles. The Morgan fingerprint density at radius 2 is 2.19 bits per heavy atom. The lowest BCUT2D eigenvalue weighted by atomic mass is 10.3. The summed E-state index contributed by atoms with van der Waals surface area (Å²) in [5.74, 6) is -1.02. The predicted octanol–water partition coefficient (Wildman–Crippen LogP) is 0.638. The molecule has 0 amide bonds. The third kappa shape index (κ3) is 3.38. The topological polar surface area (TPSA) is 128 Å². The predicted molar refractivity (Wildman–Crippen MR) is 66.2 cm³/mol. The highest BCUT2D eigenvalue weighted by Crippen LogP contribution is 2.26. The second kappa shape index (κ2) is 5.93. The fraction of sp³-hybridized carbons (Fsp3) is 0.200. The van der Waals surface area contributed by atoms with Crippen molar-refractivity contribution in [2.45, 2.75) is 11.3 Å². The minimum Gasteiger partial charge on any atom is -0.340 e. The molecule has 0 saturated heterocycles. The Balaban J connectivity index is 2.20. The van der Waals surface area contributed by atoms with Gasteiger partial charge in [-0.2, -0.15) is 9.37 Å². The van der Waals surface area contributed by atoms with Gasteiger partial charge < -0.3 is 4.52 Å². The average molecular weight is 316 g/mol. The van der Waals surface area contributed by atoms with E-state index in [1.807, 2.05) is 0 Å². The first-order valence-electron chi connectivity index (χ1n) is 5.60. The molecule has 2 aromatic rings. The number of sulfonamides is 1. The third-order valence-corrected chi connectivity index (χ3v) is 3.95. The minimum atomic E-state index is -4.23. The number of aromatic nitrogens is 2. The zero-order valence-electron chi connectivity index (χ0n) is 10.4. The Bertz CT molecular complexity index is 747. The number of nitro benzene ring substituents is 1. The molecule has 0 atom stereocenters. The van der Waals surface area contributed by atoms with Gasteiger partial charge in [-0.3, -0.25) is 10.1 Å². The molecule has 0 radical (unpaired) electrons. The Kier molecular flexibility index (Phi) is 4.23. The third-order valence-electron chi connectivity index (χ3n) is 2.46. The summed E-state index contributed by atoms with van der Waals surface area (Å²) in [6.45, 7) is -0.127. The van der Waals surface area contributed by atoms with Gasteiger partial charge in [-0.15, -0.1) is 0 Å². The van der Waals surface area contributed by atoms with Crippen LogP contribution in [0.1, 0.15) is 5.89 Å². The monoisotopic (exact) mass is 316 g/mol. The van der Waals surface area contributed by atoms with Crippen molar-refractivity contribution >= 4 is 15.7 Å². The summed E-state index contributed by atoms with van der Waals surface area (Å²) in [5, 5.41) is 14.1. The molecule has 0 aliphatic heterocycles. The minimum absolute atomic E-state index is 0.0995. The van der Waals surface area contributed by atoms with Gasteiger partial charge in [-0.25, -0.2) is 13.1 Å². The van der Waals surface area contributed by atoms with Crippen molar-refractivity contribution in [3.8, 4) is 0 Å².